The van der Waals surface area contributed by atoms with Gasteiger partial charge in [-0.2, -0.15) is 0 Å². The van der Waals surface area contributed by atoms with Crippen molar-refractivity contribution in [3.63, 3.8) is 0 Å². The Morgan fingerprint density at radius 3 is 2.71 bits per heavy atom. The van der Waals surface area contributed by atoms with Crippen LogP contribution in [-0.2, 0) is 10.2 Å². The number of nitrogens with two attached hydrogens (primary N) is 1. The largest absolute Gasteiger partial charge is 0.329 e. The zero-order valence-corrected chi connectivity index (χ0v) is 8.45. The second kappa shape index (κ2) is 2.82. The maximum Gasteiger partial charge on any atom is 0.238 e. The molecule has 74 valence electrons. The van der Waals surface area contributed by atoms with E-state index >= 15 is 0 Å². The Kier molecular flexibility index (Phi) is 1.86. The Hall–Kier alpha value is -1.35. The smallest absolute Gasteiger partial charge is 0.238 e. The third-order valence-electron chi connectivity index (χ3n) is 3.04. The molecule has 2 rings (SSSR count). The van der Waals surface area contributed by atoms with Crippen LogP contribution in [0, 0.1) is 0 Å². The Morgan fingerprint density at radius 2 is 2.07 bits per heavy atom. The van der Waals surface area contributed by atoms with Gasteiger partial charge in [0.2, 0.25) is 5.91 Å². The molecule has 0 spiro atoms. The number of para-hydroxylation sites is 1. The van der Waals surface area contributed by atoms with Crippen molar-refractivity contribution in [2.75, 3.05) is 18.5 Å². The molecule has 0 fully saturated rings. The Labute approximate surface area is 83.5 Å². The van der Waals surface area contributed by atoms with Gasteiger partial charge in [0.1, 0.15) is 0 Å². The second-order valence-electron chi connectivity index (χ2n) is 3.92. The molecule has 1 aromatic carbocycles. The Balaban J connectivity index is 2.65. The number of carbonyl (C=O) groups excluding carboxylic acids is 1. The molecule has 1 aliphatic rings. The minimum absolute atomic E-state index is 0.0844. The summed E-state index contributed by atoms with van der Waals surface area (Å²) in [5, 5.41) is 0. The zero-order chi connectivity index (χ0) is 10.3. The Bertz CT molecular complexity index is 389. The SMILES string of the molecule is CN1C(=O)[C@](C)(CN)c2ccccc21. The molecule has 2 N–H and O–H groups in total. The summed E-state index contributed by atoms with van der Waals surface area (Å²) < 4.78 is 0. The second-order valence-corrected chi connectivity index (χ2v) is 3.92. The number of amides is 1. The van der Waals surface area contributed by atoms with Crippen molar-refractivity contribution in [1.82, 2.24) is 0 Å². The highest BCUT2D eigenvalue weighted by atomic mass is 16.2. The molecule has 0 unspecified atom stereocenters. The number of hydrogen-bond donors (Lipinski definition) is 1. The monoisotopic (exact) mass is 190 g/mol. The lowest BCUT2D eigenvalue weighted by Gasteiger charge is -2.20. The summed E-state index contributed by atoms with van der Waals surface area (Å²) in [5.74, 6) is 0.0844. The van der Waals surface area contributed by atoms with Gasteiger partial charge in [-0.1, -0.05) is 18.2 Å². The van der Waals surface area contributed by atoms with E-state index in [1.54, 1.807) is 11.9 Å². The van der Waals surface area contributed by atoms with Gasteiger partial charge in [-0.05, 0) is 18.6 Å². The van der Waals surface area contributed by atoms with Crippen LogP contribution < -0.4 is 10.6 Å². The highest BCUT2D eigenvalue weighted by Gasteiger charge is 2.44. The van der Waals surface area contributed by atoms with Gasteiger partial charge in [-0.25, -0.2) is 0 Å². The fraction of sp³-hybridized carbons (Fsp3) is 0.364. The van der Waals surface area contributed by atoms with Crippen molar-refractivity contribution in [2.45, 2.75) is 12.3 Å². The maximum absolute atomic E-state index is 12.0. The number of anilines is 1. The van der Waals surface area contributed by atoms with Gasteiger partial charge >= 0.3 is 0 Å². The van der Waals surface area contributed by atoms with Crippen LogP contribution in [0.25, 0.3) is 0 Å². The topological polar surface area (TPSA) is 46.3 Å². The lowest BCUT2D eigenvalue weighted by atomic mass is 9.84. The number of fused-ring (bicyclic) bond motifs is 1. The zero-order valence-electron chi connectivity index (χ0n) is 8.45. The molecule has 0 radical (unpaired) electrons. The summed E-state index contributed by atoms with van der Waals surface area (Å²) in [4.78, 5) is 13.6. The minimum atomic E-state index is -0.536. The van der Waals surface area contributed by atoms with Gasteiger partial charge in [0.15, 0.2) is 0 Å². The number of nitrogens with zero attached hydrogens (tertiary/aromatic N) is 1. The van der Waals surface area contributed by atoms with E-state index in [9.17, 15) is 4.79 Å². The summed E-state index contributed by atoms with van der Waals surface area (Å²) in [5.41, 5.74) is 7.17. The molecule has 0 aromatic heterocycles. The van der Waals surface area contributed by atoms with Gasteiger partial charge in [0.25, 0.3) is 0 Å². The molecule has 1 atom stereocenters. The first-order chi connectivity index (χ1) is 6.61. The van der Waals surface area contributed by atoms with Gasteiger partial charge < -0.3 is 10.6 Å². The minimum Gasteiger partial charge on any atom is -0.329 e. The number of likely N-dealkylation sites (N-methyl/N-ethyl adjacent to an activating group) is 1. The number of hydrogen-bond acceptors (Lipinski definition) is 2. The van der Waals surface area contributed by atoms with Gasteiger partial charge in [-0.15, -0.1) is 0 Å². The average Bonchev–Trinajstić information content (AvgIpc) is 2.43. The molecule has 1 heterocycles. The van der Waals surface area contributed by atoms with Gasteiger partial charge in [0, 0.05) is 19.3 Å². The van der Waals surface area contributed by atoms with Crippen molar-refractivity contribution in [1.29, 1.82) is 0 Å². The summed E-state index contributed by atoms with van der Waals surface area (Å²) in [6.07, 6.45) is 0. The molecule has 14 heavy (non-hydrogen) atoms. The van der Waals surface area contributed by atoms with E-state index in [1.165, 1.54) is 0 Å². The molecule has 0 saturated heterocycles. The summed E-state index contributed by atoms with van der Waals surface area (Å²) in [6.45, 7) is 2.25. The first-order valence-corrected chi connectivity index (χ1v) is 4.69. The quantitative estimate of drug-likeness (QED) is 0.714. The van der Waals surface area contributed by atoms with Crippen LogP contribution in [0.4, 0.5) is 5.69 Å². The highest BCUT2D eigenvalue weighted by molar-refractivity contribution is 6.07. The molecule has 0 saturated carbocycles. The first kappa shape index (κ1) is 9.21. The van der Waals surface area contributed by atoms with Crippen LogP contribution in [0.1, 0.15) is 12.5 Å². The molecule has 3 nitrogen and oxygen atoms in total. The van der Waals surface area contributed by atoms with E-state index < -0.39 is 5.41 Å². The average molecular weight is 190 g/mol. The third-order valence-corrected chi connectivity index (χ3v) is 3.04. The number of carbonyl (C=O) groups is 1. The molecule has 1 aromatic rings. The molecular formula is C11H14N2O. The van der Waals surface area contributed by atoms with E-state index in [2.05, 4.69) is 0 Å². The van der Waals surface area contributed by atoms with Gasteiger partial charge in [-0.3, -0.25) is 4.79 Å². The van der Waals surface area contributed by atoms with Crippen LogP contribution >= 0.6 is 0 Å². The normalized spacial score (nSPS) is 25.4. The fourth-order valence-corrected chi connectivity index (χ4v) is 2.02. The van der Waals surface area contributed by atoms with E-state index in [-0.39, 0.29) is 5.91 Å². The van der Waals surface area contributed by atoms with Crippen LogP contribution in [0.2, 0.25) is 0 Å². The van der Waals surface area contributed by atoms with E-state index in [0.29, 0.717) is 6.54 Å². The summed E-state index contributed by atoms with van der Waals surface area (Å²) in [6, 6.07) is 7.81. The molecular weight excluding hydrogens is 176 g/mol. The first-order valence-electron chi connectivity index (χ1n) is 4.69. The van der Waals surface area contributed by atoms with E-state index in [4.69, 9.17) is 5.73 Å². The van der Waals surface area contributed by atoms with Crippen LogP contribution in [0.15, 0.2) is 24.3 Å². The number of benzene rings is 1. The lowest BCUT2D eigenvalue weighted by Crippen LogP contribution is -2.41. The predicted octanol–water partition coefficient (Wildman–Crippen LogP) is 0.879. The maximum atomic E-state index is 12.0. The molecule has 3 heteroatoms. The third kappa shape index (κ3) is 0.930. The van der Waals surface area contributed by atoms with E-state index in [0.717, 1.165) is 11.3 Å². The Morgan fingerprint density at radius 1 is 1.43 bits per heavy atom. The molecule has 0 aliphatic carbocycles. The van der Waals surface area contributed by atoms with Crippen LogP contribution in [0.3, 0.4) is 0 Å². The summed E-state index contributed by atoms with van der Waals surface area (Å²) in [7, 11) is 1.79. The van der Waals surface area contributed by atoms with E-state index in [1.807, 2.05) is 31.2 Å². The van der Waals surface area contributed by atoms with Crippen LogP contribution in [0.5, 0.6) is 0 Å². The molecule has 1 amide bonds. The molecule has 1 aliphatic heterocycles. The van der Waals surface area contributed by atoms with Crippen LogP contribution in [-0.4, -0.2) is 19.5 Å². The summed E-state index contributed by atoms with van der Waals surface area (Å²) >= 11 is 0. The van der Waals surface area contributed by atoms with Crippen molar-refractivity contribution >= 4 is 11.6 Å². The fourth-order valence-electron chi connectivity index (χ4n) is 2.02. The number of rotatable bonds is 1. The van der Waals surface area contributed by atoms with Gasteiger partial charge in [0.05, 0.1) is 5.41 Å². The highest BCUT2D eigenvalue weighted by Crippen LogP contribution is 2.39. The lowest BCUT2D eigenvalue weighted by molar-refractivity contribution is -0.122. The van der Waals surface area contributed by atoms with Crippen molar-refractivity contribution in [3.05, 3.63) is 29.8 Å². The molecule has 0 bridgehead atoms. The van der Waals surface area contributed by atoms with Crippen molar-refractivity contribution in [2.24, 2.45) is 5.73 Å². The van der Waals surface area contributed by atoms with Crippen molar-refractivity contribution in [3.8, 4) is 0 Å². The predicted molar refractivity (Wildman–Crippen MR) is 56.3 cm³/mol. The standard InChI is InChI=1S/C11H14N2O/c1-11(7-12)8-5-3-4-6-9(8)13(2)10(11)14/h3-6H,7,12H2,1-2H3/t11-/m1/s1. The van der Waals surface area contributed by atoms with Crippen molar-refractivity contribution < 1.29 is 4.79 Å².